The molecule has 3 aromatic carbocycles. The highest BCUT2D eigenvalue weighted by molar-refractivity contribution is 5.81. The van der Waals surface area contributed by atoms with Gasteiger partial charge in [-0.25, -0.2) is 9.37 Å². The van der Waals surface area contributed by atoms with Gasteiger partial charge in [0.25, 0.3) is 0 Å². The van der Waals surface area contributed by atoms with E-state index in [0.717, 1.165) is 33.3 Å². The average molecular weight is 299 g/mol. The smallest absolute Gasteiger partial charge is 0.123 e. The Morgan fingerprint density at radius 3 is 2.22 bits per heavy atom. The second-order valence-corrected chi connectivity index (χ2v) is 5.48. The van der Waals surface area contributed by atoms with Crippen molar-refractivity contribution in [1.29, 1.82) is 0 Å². The summed E-state index contributed by atoms with van der Waals surface area (Å²) in [6.07, 6.45) is 0. The van der Waals surface area contributed by atoms with Crippen LogP contribution in [0.5, 0.6) is 0 Å². The third-order valence-electron chi connectivity index (χ3n) is 3.94. The van der Waals surface area contributed by atoms with Crippen LogP contribution in [0.15, 0.2) is 84.9 Å². The fourth-order valence-electron chi connectivity index (χ4n) is 2.73. The van der Waals surface area contributed by atoms with E-state index in [1.54, 1.807) is 12.1 Å². The molecule has 0 spiro atoms. The fourth-order valence-corrected chi connectivity index (χ4v) is 2.73. The first-order valence-corrected chi connectivity index (χ1v) is 7.52. The molecule has 0 bridgehead atoms. The topological polar surface area (TPSA) is 12.9 Å². The van der Waals surface area contributed by atoms with Crippen molar-refractivity contribution >= 4 is 10.9 Å². The summed E-state index contributed by atoms with van der Waals surface area (Å²) in [4.78, 5) is 4.70. The summed E-state index contributed by atoms with van der Waals surface area (Å²) < 4.78 is 13.3. The maximum atomic E-state index is 13.3. The van der Waals surface area contributed by atoms with Crippen molar-refractivity contribution in [3.05, 3.63) is 90.7 Å². The molecule has 4 aromatic rings. The van der Waals surface area contributed by atoms with Gasteiger partial charge in [-0.2, -0.15) is 0 Å². The standard InChI is InChI=1S/C21H14FN/c22-19-6-3-5-18(14-19)15-8-10-17(11-9-15)21-13-12-16-4-1-2-7-20(16)23-21/h1-14H. The molecule has 1 aromatic heterocycles. The molecule has 0 aliphatic carbocycles. The van der Waals surface area contributed by atoms with Gasteiger partial charge >= 0.3 is 0 Å². The lowest BCUT2D eigenvalue weighted by Gasteiger charge is -2.06. The van der Waals surface area contributed by atoms with Crippen molar-refractivity contribution in [3.8, 4) is 22.4 Å². The zero-order chi connectivity index (χ0) is 15.6. The van der Waals surface area contributed by atoms with E-state index in [0.29, 0.717) is 0 Å². The Morgan fingerprint density at radius 1 is 0.609 bits per heavy atom. The molecule has 0 aliphatic heterocycles. The minimum atomic E-state index is -0.220. The Morgan fingerprint density at radius 2 is 1.39 bits per heavy atom. The third kappa shape index (κ3) is 2.71. The lowest BCUT2D eigenvalue weighted by atomic mass is 10.0. The van der Waals surface area contributed by atoms with Gasteiger partial charge in [-0.3, -0.25) is 0 Å². The molecule has 0 aliphatic rings. The Balaban J connectivity index is 1.72. The molecule has 0 N–H and O–H groups in total. The normalized spacial score (nSPS) is 10.8. The van der Waals surface area contributed by atoms with Gasteiger partial charge in [0, 0.05) is 10.9 Å². The summed E-state index contributed by atoms with van der Waals surface area (Å²) in [5.41, 5.74) is 4.85. The average Bonchev–Trinajstić information content (AvgIpc) is 2.61. The Labute approximate surface area is 134 Å². The quantitative estimate of drug-likeness (QED) is 0.462. The van der Waals surface area contributed by atoms with Gasteiger partial charge in [0.15, 0.2) is 0 Å². The van der Waals surface area contributed by atoms with Crippen LogP contribution in [0.25, 0.3) is 33.3 Å². The van der Waals surface area contributed by atoms with Crippen LogP contribution in [0.1, 0.15) is 0 Å². The maximum absolute atomic E-state index is 13.3. The largest absolute Gasteiger partial charge is 0.248 e. The molecule has 1 nitrogen and oxygen atoms in total. The zero-order valence-electron chi connectivity index (χ0n) is 12.4. The highest BCUT2D eigenvalue weighted by Gasteiger charge is 2.03. The second kappa shape index (κ2) is 5.65. The molecule has 0 fully saturated rings. The van der Waals surface area contributed by atoms with Gasteiger partial charge in [0.2, 0.25) is 0 Å². The number of aromatic nitrogens is 1. The highest BCUT2D eigenvalue weighted by atomic mass is 19.1. The first kappa shape index (κ1) is 13.6. The lowest BCUT2D eigenvalue weighted by molar-refractivity contribution is 0.628. The molecular weight excluding hydrogens is 285 g/mol. The fraction of sp³-hybridized carbons (Fsp3) is 0. The van der Waals surface area contributed by atoms with E-state index >= 15 is 0 Å². The van der Waals surface area contributed by atoms with Gasteiger partial charge in [-0.1, -0.05) is 60.7 Å². The van der Waals surface area contributed by atoms with Crippen LogP contribution in [0, 0.1) is 5.82 Å². The van der Waals surface area contributed by atoms with Crippen molar-refractivity contribution in [2.45, 2.75) is 0 Å². The minimum Gasteiger partial charge on any atom is -0.248 e. The zero-order valence-corrected chi connectivity index (χ0v) is 12.4. The van der Waals surface area contributed by atoms with Crippen LogP contribution in [0.3, 0.4) is 0 Å². The molecular formula is C21H14FN. The predicted octanol–water partition coefficient (Wildman–Crippen LogP) is 5.71. The van der Waals surface area contributed by atoms with Crippen molar-refractivity contribution in [1.82, 2.24) is 4.98 Å². The SMILES string of the molecule is Fc1cccc(-c2ccc(-c3ccc4ccccc4n3)cc2)c1. The van der Waals surface area contributed by atoms with E-state index in [1.807, 2.05) is 54.6 Å². The number of nitrogens with zero attached hydrogens (tertiary/aromatic N) is 1. The number of hydrogen-bond acceptors (Lipinski definition) is 1. The number of benzene rings is 3. The monoisotopic (exact) mass is 299 g/mol. The number of halogens is 1. The van der Waals surface area contributed by atoms with E-state index < -0.39 is 0 Å². The molecule has 0 saturated heterocycles. The number of rotatable bonds is 2. The molecule has 0 saturated carbocycles. The van der Waals surface area contributed by atoms with Crippen LogP contribution in [0.4, 0.5) is 4.39 Å². The summed E-state index contributed by atoms with van der Waals surface area (Å²) in [5.74, 6) is -0.220. The van der Waals surface area contributed by atoms with Crippen molar-refractivity contribution in [2.75, 3.05) is 0 Å². The molecule has 23 heavy (non-hydrogen) atoms. The van der Waals surface area contributed by atoms with Crippen LogP contribution in [-0.2, 0) is 0 Å². The molecule has 0 amide bonds. The Kier molecular flexibility index (Phi) is 3.35. The van der Waals surface area contributed by atoms with Gasteiger partial charge in [-0.05, 0) is 35.4 Å². The van der Waals surface area contributed by atoms with E-state index in [4.69, 9.17) is 4.98 Å². The second-order valence-electron chi connectivity index (χ2n) is 5.48. The van der Waals surface area contributed by atoms with Crippen molar-refractivity contribution in [3.63, 3.8) is 0 Å². The molecule has 0 unspecified atom stereocenters. The maximum Gasteiger partial charge on any atom is 0.123 e. The van der Waals surface area contributed by atoms with Crippen LogP contribution >= 0.6 is 0 Å². The number of fused-ring (bicyclic) bond motifs is 1. The number of pyridine rings is 1. The van der Waals surface area contributed by atoms with Crippen LogP contribution in [-0.4, -0.2) is 4.98 Å². The highest BCUT2D eigenvalue weighted by Crippen LogP contribution is 2.25. The molecule has 2 heteroatoms. The van der Waals surface area contributed by atoms with Crippen molar-refractivity contribution in [2.24, 2.45) is 0 Å². The molecule has 110 valence electrons. The summed E-state index contributed by atoms with van der Waals surface area (Å²) in [6, 6.07) is 26.9. The van der Waals surface area contributed by atoms with Crippen LogP contribution < -0.4 is 0 Å². The molecule has 0 atom stereocenters. The van der Waals surface area contributed by atoms with E-state index in [9.17, 15) is 4.39 Å². The van der Waals surface area contributed by atoms with E-state index in [2.05, 4.69) is 12.1 Å². The van der Waals surface area contributed by atoms with E-state index in [1.165, 1.54) is 6.07 Å². The predicted molar refractivity (Wildman–Crippen MR) is 92.6 cm³/mol. The molecule has 4 rings (SSSR count). The first-order valence-electron chi connectivity index (χ1n) is 7.52. The lowest BCUT2D eigenvalue weighted by Crippen LogP contribution is -1.86. The molecule has 1 heterocycles. The van der Waals surface area contributed by atoms with Crippen LogP contribution in [0.2, 0.25) is 0 Å². The first-order chi connectivity index (χ1) is 11.3. The third-order valence-corrected chi connectivity index (χ3v) is 3.94. The van der Waals surface area contributed by atoms with E-state index in [-0.39, 0.29) is 5.82 Å². The summed E-state index contributed by atoms with van der Waals surface area (Å²) in [6.45, 7) is 0. The van der Waals surface area contributed by atoms with Gasteiger partial charge in [-0.15, -0.1) is 0 Å². The van der Waals surface area contributed by atoms with Gasteiger partial charge in [0.05, 0.1) is 11.2 Å². The van der Waals surface area contributed by atoms with Gasteiger partial charge < -0.3 is 0 Å². The Bertz CT molecular complexity index is 974. The minimum absolute atomic E-state index is 0.220. The van der Waals surface area contributed by atoms with Crippen molar-refractivity contribution < 1.29 is 4.39 Å². The molecule has 0 radical (unpaired) electrons. The van der Waals surface area contributed by atoms with Gasteiger partial charge in [0.1, 0.15) is 5.82 Å². The summed E-state index contributed by atoms with van der Waals surface area (Å²) in [7, 11) is 0. The number of para-hydroxylation sites is 1. The summed E-state index contributed by atoms with van der Waals surface area (Å²) in [5, 5.41) is 1.13. The number of hydrogen-bond donors (Lipinski definition) is 0. The Hall–Kier alpha value is -3.00. The summed E-state index contributed by atoms with van der Waals surface area (Å²) >= 11 is 0.